The summed E-state index contributed by atoms with van der Waals surface area (Å²) in [5.41, 5.74) is -0.365. The van der Waals surface area contributed by atoms with Gasteiger partial charge in [0.25, 0.3) is 0 Å². The predicted octanol–water partition coefficient (Wildman–Crippen LogP) is 2.31. The Balaban J connectivity index is 4.19. The van der Waals surface area contributed by atoms with Crippen LogP contribution in [0.2, 0.25) is 0 Å². The second-order valence-corrected chi connectivity index (χ2v) is 4.49. The molecule has 0 N–H and O–H groups in total. The highest BCUT2D eigenvalue weighted by Gasteiger charge is 2.30. The zero-order chi connectivity index (χ0) is 12.8. The van der Waals surface area contributed by atoms with Gasteiger partial charge in [-0.1, -0.05) is 27.7 Å². The molecule has 0 amide bonds. The summed E-state index contributed by atoms with van der Waals surface area (Å²) in [5.74, 6) is -0.468. The normalized spacial score (nSPS) is 13.1. The summed E-state index contributed by atoms with van der Waals surface area (Å²) in [7, 11) is 0. The lowest BCUT2D eigenvalue weighted by Gasteiger charge is -2.30. The van der Waals surface area contributed by atoms with Crippen LogP contribution in [0.5, 0.6) is 0 Å². The van der Waals surface area contributed by atoms with Gasteiger partial charge < -0.3 is 9.47 Å². The Bertz CT molecular complexity index is 245. The molecule has 4 heteroatoms. The van der Waals surface area contributed by atoms with Crippen molar-refractivity contribution in [1.82, 2.24) is 0 Å². The Hall–Kier alpha value is -1.06. The van der Waals surface area contributed by atoms with Crippen LogP contribution in [0.3, 0.4) is 0 Å². The van der Waals surface area contributed by atoms with Crippen LogP contribution in [0.4, 0.5) is 0 Å². The summed E-state index contributed by atoms with van der Waals surface area (Å²) in [6.07, 6.45) is 0.443. The minimum absolute atomic E-state index is 0.234. The standard InChI is InChI=1S/C12H22O4/c1-6-10(13)15-8-12(4,5)9(3)16-11(14)7-2/h9H,6-8H2,1-5H3. The second kappa shape index (κ2) is 6.51. The summed E-state index contributed by atoms with van der Waals surface area (Å²) in [6, 6.07) is 0. The molecule has 0 bridgehead atoms. The number of hydrogen-bond donors (Lipinski definition) is 0. The van der Waals surface area contributed by atoms with Gasteiger partial charge in [0, 0.05) is 18.3 Å². The van der Waals surface area contributed by atoms with Crippen molar-refractivity contribution in [2.75, 3.05) is 6.61 Å². The molecule has 1 unspecified atom stereocenters. The summed E-state index contributed by atoms with van der Waals surface area (Å²) < 4.78 is 10.3. The highest BCUT2D eigenvalue weighted by atomic mass is 16.6. The van der Waals surface area contributed by atoms with Crippen LogP contribution in [0.15, 0.2) is 0 Å². The van der Waals surface area contributed by atoms with Crippen molar-refractivity contribution in [3.05, 3.63) is 0 Å². The van der Waals surface area contributed by atoms with E-state index in [1.807, 2.05) is 20.8 Å². The molecule has 0 aliphatic carbocycles. The molecule has 0 aliphatic rings. The molecule has 1 atom stereocenters. The van der Waals surface area contributed by atoms with Crippen molar-refractivity contribution in [3.63, 3.8) is 0 Å². The van der Waals surface area contributed by atoms with E-state index in [0.29, 0.717) is 12.8 Å². The Morgan fingerprint density at radius 1 is 1.12 bits per heavy atom. The van der Waals surface area contributed by atoms with Gasteiger partial charge in [-0.15, -0.1) is 0 Å². The van der Waals surface area contributed by atoms with Crippen LogP contribution in [0, 0.1) is 5.41 Å². The average molecular weight is 230 g/mol. The number of carbonyl (C=O) groups is 2. The molecule has 0 spiro atoms. The van der Waals surface area contributed by atoms with E-state index >= 15 is 0 Å². The molecule has 16 heavy (non-hydrogen) atoms. The lowest BCUT2D eigenvalue weighted by molar-refractivity contribution is -0.159. The highest BCUT2D eigenvalue weighted by molar-refractivity contribution is 5.69. The maximum Gasteiger partial charge on any atom is 0.305 e. The van der Waals surface area contributed by atoms with Crippen LogP contribution in [0.1, 0.15) is 47.5 Å². The van der Waals surface area contributed by atoms with Crippen molar-refractivity contribution in [3.8, 4) is 0 Å². The lowest BCUT2D eigenvalue weighted by atomic mass is 9.88. The molecular weight excluding hydrogens is 208 g/mol. The fourth-order valence-electron chi connectivity index (χ4n) is 0.926. The van der Waals surface area contributed by atoms with Crippen LogP contribution in [0.25, 0.3) is 0 Å². The van der Waals surface area contributed by atoms with E-state index in [1.54, 1.807) is 13.8 Å². The first-order valence-corrected chi connectivity index (χ1v) is 5.68. The van der Waals surface area contributed by atoms with Gasteiger partial charge in [0.2, 0.25) is 0 Å². The number of esters is 2. The van der Waals surface area contributed by atoms with E-state index in [4.69, 9.17) is 9.47 Å². The Morgan fingerprint density at radius 3 is 2.06 bits per heavy atom. The van der Waals surface area contributed by atoms with Crippen molar-refractivity contribution < 1.29 is 19.1 Å². The third-order valence-corrected chi connectivity index (χ3v) is 2.59. The van der Waals surface area contributed by atoms with E-state index in [-0.39, 0.29) is 30.1 Å². The van der Waals surface area contributed by atoms with Gasteiger partial charge in [-0.2, -0.15) is 0 Å². The maximum absolute atomic E-state index is 11.1. The first kappa shape index (κ1) is 14.9. The molecule has 0 saturated carbocycles. The average Bonchev–Trinajstić information content (AvgIpc) is 2.25. The van der Waals surface area contributed by atoms with Crippen LogP contribution >= 0.6 is 0 Å². The maximum atomic E-state index is 11.1. The third-order valence-electron chi connectivity index (χ3n) is 2.59. The van der Waals surface area contributed by atoms with E-state index in [2.05, 4.69) is 0 Å². The molecule has 0 fully saturated rings. The largest absolute Gasteiger partial charge is 0.465 e. The molecule has 0 aromatic heterocycles. The quantitative estimate of drug-likeness (QED) is 0.657. The molecule has 94 valence electrons. The fourth-order valence-corrected chi connectivity index (χ4v) is 0.926. The van der Waals surface area contributed by atoms with Crippen molar-refractivity contribution in [2.45, 2.75) is 53.6 Å². The van der Waals surface area contributed by atoms with E-state index in [1.165, 1.54) is 0 Å². The molecule has 0 aromatic rings. The van der Waals surface area contributed by atoms with E-state index < -0.39 is 0 Å². The van der Waals surface area contributed by atoms with E-state index in [9.17, 15) is 9.59 Å². The number of rotatable bonds is 6. The molecule has 0 rings (SSSR count). The Labute approximate surface area is 97.3 Å². The van der Waals surface area contributed by atoms with Crippen molar-refractivity contribution in [1.29, 1.82) is 0 Å². The van der Waals surface area contributed by atoms with Gasteiger partial charge in [0.05, 0.1) is 6.61 Å². The number of ether oxygens (including phenoxy) is 2. The van der Waals surface area contributed by atoms with Crippen LogP contribution in [-0.2, 0) is 19.1 Å². The summed E-state index contributed by atoms with van der Waals surface area (Å²) in [6.45, 7) is 9.38. The molecule has 0 aliphatic heterocycles. The summed E-state index contributed by atoms with van der Waals surface area (Å²) in [4.78, 5) is 22.2. The van der Waals surface area contributed by atoms with Gasteiger partial charge >= 0.3 is 11.9 Å². The Kier molecular flexibility index (Phi) is 6.08. The van der Waals surface area contributed by atoms with Crippen LogP contribution in [-0.4, -0.2) is 24.6 Å². The second-order valence-electron chi connectivity index (χ2n) is 4.49. The van der Waals surface area contributed by atoms with Crippen LogP contribution < -0.4 is 0 Å². The topological polar surface area (TPSA) is 52.6 Å². The minimum Gasteiger partial charge on any atom is -0.465 e. The highest BCUT2D eigenvalue weighted by Crippen LogP contribution is 2.24. The van der Waals surface area contributed by atoms with Gasteiger partial charge in [0.1, 0.15) is 6.10 Å². The predicted molar refractivity (Wildman–Crippen MR) is 60.9 cm³/mol. The zero-order valence-electron chi connectivity index (χ0n) is 10.8. The molecule has 0 saturated heterocycles. The van der Waals surface area contributed by atoms with Gasteiger partial charge in [0.15, 0.2) is 0 Å². The molecular formula is C12H22O4. The van der Waals surface area contributed by atoms with Crippen molar-refractivity contribution in [2.24, 2.45) is 5.41 Å². The SMILES string of the molecule is CCC(=O)OCC(C)(C)C(C)OC(=O)CC. The van der Waals surface area contributed by atoms with E-state index in [0.717, 1.165) is 0 Å². The first-order valence-electron chi connectivity index (χ1n) is 5.68. The molecule has 0 heterocycles. The van der Waals surface area contributed by atoms with Gasteiger partial charge in [-0.3, -0.25) is 9.59 Å². The first-order chi connectivity index (χ1) is 7.33. The van der Waals surface area contributed by atoms with Gasteiger partial charge in [-0.25, -0.2) is 0 Å². The Morgan fingerprint density at radius 2 is 1.62 bits per heavy atom. The summed E-state index contributed by atoms with van der Waals surface area (Å²) in [5, 5.41) is 0. The molecule has 4 nitrogen and oxygen atoms in total. The zero-order valence-corrected chi connectivity index (χ0v) is 10.8. The third kappa shape index (κ3) is 5.14. The number of carbonyl (C=O) groups excluding carboxylic acids is 2. The van der Waals surface area contributed by atoms with Crippen molar-refractivity contribution >= 4 is 11.9 Å². The fraction of sp³-hybridized carbons (Fsp3) is 0.833. The smallest absolute Gasteiger partial charge is 0.305 e. The summed E-state index contributed by atoms with van der Waals surface area (Å²) >= 11 is 0. The monoisotopic (exact) mass is 230 g/mol. The van der Waals surface area contributed by atoms with Gasteiger partial charge in [-0.05, 0) is 6.92 Å². The molecule has 0 aromatic carbocycles. The lowest BCUT2D eigenvalue weighted by Crippen LogP contribution is -2.36. The molecule has 0 radical (unpaired) electrons. The number of hydrogen-bond acceptors (Lipinski definition) is 4. The minimum atomic E-state index is -0.365.